The lowest BCUT2D eigenvalue weighted by molar-refractivity contribution is -0.130. The number of carbonyl (C=O) groups excluding carboxylic acids is 3. The molecule has 4 aromatic carbocycles. The Hall–Kier alpha value is -5.11. The van der Waals surface area contributed by atoms with E-state index in [0.717, 1.165) is 28.0 Å². The van der Waals surface area contributed by atoms with E-state index in [2.05, 4.69) is 16.0 Å². The lowest BCUT2D eigenvalue weighted by Gasteiger charge is -2.23. The Morgan fingerprint density at radius 2 is 1.10 bits per heavy atom. The second-order valence-corrected chi connectivity index (χ2v) is 9.77. The molecule has 3 N–H and O–H groups in total. The predicted octanol–water partition coefficient (Wildman–Crippen LogP) is 4.58. The van der Waals surface area contributed by atoms with Crippen molar-refractivity contribution in [2.45, 2.75) is 38.1 Å². The van der Waals surface area contributed by atoms with Crippen molar-refractivity contribution >= 4 is 17.9 Å². The van der Waals surface area contributed by atoms with Gasteiger partial charge in [-0.3, -0.25) is 9.59 Å². The van der Waals surface area contributed by atoms with Crippen molar-refractivity contribution in [2.24, 2.45) is 0 Å². The van der Waals surface area contributed by atoms with Crippen LogP contribution in [0.5, 0.6) is 5.75 Å². The van der Waals surface area contributed by atoms with Crippen molar-refractivity contribution in [3.05, 3.63) is 138 Å². The minimum atomic E-state index is -0.969. The van der Waals surface area contributed by atoms with E-state index in [9.17, 15) is 14.4 Å². The number of ether oxygens (including phenoxy) is 2. The van der Waals surface area contributed by atoms with Crippen LogP contribution in [0, 0.1) is 0 Å². The SMILES string of the molecule is COc1ccc(CNC(=O)[C@@H](Cc2ccccc2)NC(=O)[C@H](Cc2ccccc2)NC(=O)OCc2ccccc2)cc1. The molecule has 0 bridgehead atoms. The van der Waals surface area contributed by atoms with E-state index < -0.39 is 24.1 Å². The highest BCUT2D eigenvalue weighted by atomic mass is 16.5. The van der Waals surface area contributed by atoms with Crippen molar-refractivity contribution in [3.8, 4) is 5.75 Å². The molecule has 4 aromatic rings. The number of rotatable bonds is 13. The highest BCUT2D eigenvalue weighted by Crippen LogP contribution is 2.12. The zero-order valence-corrected chi connectivity index (χ0v) is 23.5. The van der Waals surface area contributed by atoms with Gasteiger partial charge >= 0.3 is 6.09 Å². The average Bonchev–Trinajstić information content (AvgIpc) is 3.03. The summed E-state index contributed by atoms with van der Waals surface area (Å²) >= 11 is 0. The van der Waals surface area contributed by atoms with Crippen LogP contribution >= 0.6 is 0 Å². The summed E-state index contributed by atoms with van der Waals surface area (Å²) in [5, 5.41) is 8.50. The first-order valence-electron chi connectivity index (χ1n) is 13.8. The maximum Gasteiger partial charge on any atom is 0.408 e. The van der Waals surface area contributed by atoms with Crippen molar-refractivity contribution in [1.29, 1.82) is 0 Å². The molecule has 0 radical (unpaired) electrons. The molecule has 0 spiro atoms. The Balaban J connectivity index is 1.46. The molecule has 42 heavy (non-hydrogen) atoms. The third-order valence-electron chi connectivity index (χ3n) is 6.65. The smallest absolute Gasteiger partial charge is 0.408 e. The van der Waals surface area contributed by atoms with E-state index in [-0.39, 0.29) is 31.9 Å². The van der Waals surface area contributed by atoms with Crippen LogP contribution in [0.3, 0.4) is 0 Å². The van der Waals surface area contributed by atoms with Crippen LogP contribution in [0.15, 0.2) is 115 Å². The lowest BCUT2D eigenvalue weighted by Crippen LogP contribution is -2.55. The summed E-state index contributed by atoms with van der Waals surface area (Å²) in [7, 11) is 1.59. The van der Waals surface area contributed by atoms with Gasteiger partial charge in [-0.05, 0) is 34.4 Å². The van der Waals surface area contributed by atoms with Gasteiger partial charge in [0.2, 0.25) is 11.8 Å². The summed E-state index contributed by atoms with van der Waals surface area (Å²) in [5.41, 5.74) is 3.45. The maximum atomic E-state index is 13.6. The number of amides is 3. The average molecular weight is 566 g/mol. The van der Waals surface area contributed by atoms with E-state index in [1.54, 1.807) is 7.11 Å². The van der Waals surface area contributed by atoms with E-state index in [1.165, 1.54) is 0 Å². The quantitative estimate of drug-likeness (QED) is 0.220. The maximum absolute atomic E-state index is 13.6. The predicted molar refractivity (Wildman–Crippen MR) is 161 cm³/mol. The number of methoxy groups -OCH3 is 1. The molecule has 0 heterocycles. The molecule has 8 nitrogen and oxygen atoms in total. The minimum Gasteiger partial charge on any atom is -0.497 e. The van der Waals surface area contributed by atoms with Crippen molar-refractivity contribution < 1.29 is 23.9 Å². The fraction of sp³-hybridized carbons (Fsp3) is 0.206. The van der Waals surface area contributed by atoms with Gasteiger partial charge in [0.05, 0.1) is 7.11 Å². The molecule has 3 amide bonds. The zero-order valence-electron chi connectivity index (χ0n) is 23.5. The molecular weight excluding hydrogens is 530 g/mol. The largest absolute Gasteiger partial charge is 0.497 e. The van der Waals surface area contributed by atoms with Crippen molar-refractivity contribution in [1.82, 2.24) is 16.0 Å². The van der Waals surface area contributed by atoms with Gasteiger partial charge in [0.1, 0.15) is 24.4 Å². The second-order valence-electron chi connectivity index (χ2n) is 9.77. The first kappa shape index (κ1) is 29.9. The highest BCUT2D eigenvalue weighted by Gasteiger charge is 2.28. The van der Waals surface area contributed by atoms with Crippen LogP contribution in [0.2, 0.25) is 0 Å². The molecule has 8 heteroatoms. The molecule has 0 unspecified atom stereocenters. The van der Waals surface area contributed by atoms with Gasteiger partial charge in [-0.2, -0.15) is 0 Å². The van der Waals surface area contributed by atoms with Gasteiger partial charge in [0.15, 0.2) is 0 Å². The lowest BCUT2D eigenvalue weighted by atomic mass is 10.0. The van der Waals surface area contributed by atoms with Crippen LogP contribution in [-0.4, -0.2) is 37.1 Å². The minimum absolute atomic E-state index is 0.0662. The Bertz CT molecular complexity index is 1410. The summed E-state index contributed by atoms with van der Waals surface area (Å²) in [6.45, 7) is 0.345. The monoisotopic (exact) mass is 565 g/mol. The Morgan fingerprint density at radius 3 is 1.62 bits per heavy atom. The molecule has 0 aliphatic heterocycles. The van der Waals surface area contributed by atoms with Gasteiger partial charge in [0, 0.05) is 19.4 Å². The topological polar surface area (TPSA) is 106 Å². The Labute approximate surface area is 246 Å². The summed E-state index contributed by atoms with van der Waals surface area (Å²) in [4.78, 5) is 39.7. The standard InChI is InChI=1S/C34H35N3O5/c1-41-29-19-17-27(18-20-29)23-35-32(38)30(21-25-11-5-2-6-12-25)36-33(39)31(22-26-13-7-3-8-14-26)37-34(40)42-24-28-15-9-4-10-16-28/h2-20,30-31H,21-24H2,1H3,(H,35,38)(H,36,39)(H,37,40)/t30-,31+/m1/s1. The fourth-order valence-corrected chi connectivity index (χ4v) is 4.35. The molecule has 0 fully saturated rings. The van der Waals surface area contributed by atoms with E-state index in [1.807, 2.05) is 115 Å². The molecule has 0 aromatic heterocycles. The van der Waals surface area contributed by atoms with Crippen molar-refractivity contribution in [2.75, 3.05) is 7.11 Å². The Morgan fingerprint density at radius 1 is 0.595 bits per heavy atom. The number of carbonyl (C=O) groups is 3. The zero-order chi connectivity index (χ0) is 29.6. The third kappa shape index (κ3) is 9.52. The van der Waals surface area contributed by atoms with Gasteiger partial charge in [0.25, 0.3) is 0 Å². The van der Waals surface area contributed by atoms with E-state index >= 15 is 0 Å². The molecular formula is C34H35N3O5. The van der Waals surface area contributed by atoms with Crippen LogP contribution < -0.4 is 20.7 Å². The highest BCUT2D eigenvalue weighted by molar-refractivity contribution is 5.91. The number of benzene rings is 4. The number of hydrogen-bond donors (Lipinski definition) is 3. The fourth-order valence-electron chi connectivity index (χ4n) is 4.35. The van der Waals surface area contributed by atoms with E-state index in [4.69, 9.17) is 9.47 Å². The first-order valence-corrected chi connectivity index (χ1v) is 13.8. The van der Waals surface area contributed by atoms with Gasteiger partial charge in [-0.25, -0.2) is 4.79 Å². The molecule has 216 valence electrons. The molecule has 2 atom stereocenters. The van der Waals surface area contributed by atoms with E-state index in [0.29, 0.717) is 0 Å². The number of hydrogen-bond acceptors (Lipinski definition) is 5. The van der Waals surface area contributed by atoms with Crippen LogP contribution in [-0.2, 0) is 40.3 Å². The third-order valence-corrected chi connectivity index (χ3v) is 6.65. The molecule has 0 aliphatic carbocycles. The van der Waals surface area contributed by atoms with Crippen LogP contribution in [0.1, 0.15) is 22.3 Å². The van der Waals surface area contributed by atoms with Crippen molar-refractivity contribution in [3.63, 3.8) is 0 Å². The molecule has 0 saturated heterocycles. The van der Waals surface area contributed by atoms with Gasteiger partial charge in [-0.1, -0.05) is 103 Å². The summed E-state index contributed by atoms with van der Waals surface area (Å²) < 4.78 is 10.6. The number of nitrogens with one attached hydrogen (secondary N) is 3. The normalized spacial score (nSPS) is 11.9. The summed E-state index contributed by atoms with van der Waals surface area (Å²) in [6, 6.07) is 33.6. The second kappa shape index (κ2) is 15.6. The first-order chi connectivity index (χ1) is 20.5. The Kier molecular flexibility index (Phi) is 11.1. The number of alkyl carbamates (subject to hydrolysis) is 1. The molecule has 4 rings (SSSR count). The van der Waals surface area contributed by atoms with Crippen LogP contribution in [0.25, 0.3) is 0 Å². The molecule has 0 saturated carbocycles. The summed E-state index contributed by atoms with van der Waals surface area (Å²) in [6.07, 6.45) is -0.227. The van der Waals surface area contributed by atoms with Crippen LogP contribution in [0.4, 0.5) is 4.79 Å². The van der Waals surface area contributed by atoms with Gasteiger partial charge < -0.3 is 25.4 Å². The summed E-state index contributed by atoms with van der Waals surface area (Å²) in [5.74, 6) is -0.109. The van der Waals surface area contributed by atoms with Gasteiger partial charge in [-0.15, -0.1) is 0 Å². The molecule has 0 aliphatic rings.